The molecule has 1 aromatic carbocycles. The zero-order valence-electron chi connectivity index (χ0n) is 11.3. The van der Waals surface area contributed by atoms with Crippen LogP contribution in [0.2, 0.25) is 0 Å². The second kappa shape index (κ2) is 5.36. The van der Waals surface area contributed by atoms with Crippen molar-refractivity contribution >= 4 is 10.2 Å². The van der Waals surface area contributed by atoms with Gasteiger partial charge in [0.1, 0.15) is 13.2 Å². The highest BCUT2D eigenvalue weighted by atomic mass is 32.2. The van der Waals surface area contributed by atoms with Gasteiger partial charge in [-0.15, -0.1) is 0 Å². The average molecular weight is 286 g/mol. The molecule has 0 aliphatic carbocycles. The number of nitrogens with zero attached hydrogens (tertiary/aromatic N) is 2. The maximum atomic E-state index is 11.9. The Bertz CT molecular complexity index is 557. The molecule has 0 atom stereocenters. The van der Waals surface area contributed by atoms with Gasteiger partial charge in [0.15, 0.2) is 11.5 Å². The van der Waals surface area contributed by atoms with Crippen LogP contribution < -0.4 is 9.47 Å². The Morgan fingerprint density at radius 1 is 1.11 bits per heavy atom. The first-order chi connectivity index (χ1) is 8.91. The summed E-state index contributed by atoms with van der Waals surface area (Å²) in [4.78, 5) is 0. The lowest BCUT2D eigenvalue weighted by Crippen LogP contribution is -2.36. The van der Waals surface area contributed by atoms with Crippen molar-refractivity contribution < 1.29 is 17.9 Å². The Hall–Kier alpha value is -1.31. The lowest BCUT2D eigenvalue weighted by atomic mass is 10.2. The third-order valence-corrected chi connectivity index (χ3v) is 4.71. The smallest absolute Gasteiger partial charge is 0.281 e. The molecule has 7 heteroatoms. The summed E-state index contributed by atoms with van der Waals surface area (Å²) in [5.41, 5.74) is 0.858. The molecule has 0 aromatic heterocycles. The van der Waals surface area contributed by atoms with Gasteiger partial charge in [0, 0.05) is 27.7 Å². The number of benzene rings is 1. The number of rotatable bonds is 4. The first-order valence-corrected chi connectivity index (χ1v) is 7.33. The van der Waals surface area contributed by atoms with Crippen molar-refractivity contribution in [2.75, 3.05) is 34.4 Å². The van der Waals surface area contributed by atoms with E-state index in [1.165, 1.54) is 22.7 Å². The van der Waals surface area contributed by atoms with Gasteiger partial charge in [-0.25, -0.2) is 0 Å². The van der Waals surface area contributed by atoms with Gasteiger partial charge in [-0.05, 0) is 17.7 Å². The highest BCUT2D eigenvalue weighted by molar-refractivity contribution is 7.86. The molecule has 1 aromatic rings. The van der Waals surface area contributed by atoms with Gasteiger partial charge in [-0.2, -0.15) is 17.0 Å². The number of fused-ring (bicyclic) bond motifs is 1. The predicted molar refractivity (Wildman–Crippen MR) is 71.5 cm³/mol. The van der Waals surface area contributed by atoms with E-state index in [0.29, 0.717) is 24.7 Å². The molecule has 0 radical (unpaired) electrons. The fraction of sp³-hybridized carbons (Fsp3) is 0.500. The molecular weight excluding hydrogens is 268 g/mol. The largest absolute Gasteiger partial charge is 0.486 e. The molecule has 106 valence electrons. The lowest BCUT2D eigenvalue weighted by molar-refractivity contribution is 0.171. The van der Waals surface area contributed by atoms with Gasteiger partial charge >= 0.3 is 0 Å². The van der Waals surface area contributed by atoms with Gasteiger partial charge in [-0.3, -0.25) is 0 Å². The third-order valence-electron chi connectivity index (χ3n) is 2.87. The molecule has 0 spiro atoms. The molecule has 19 heavy (non-hydrogen) atoms. The number of hydrogen-bond donors (Lipinski definition) is 0. The molecule has 0 fully saturated rings. The maximum absolute atomic E-state index is 11.9. The zero-order valence-corrected chi connectivity index (χ0v) is 12.1. The molecule has 6 nitrogen and oxygen atoms in total. The molecular formula is C12H18N2O4S. The summed E-state index contributed by atoms with van der Waals surface area (Å²) in [5, 5.41) is 0. The lowest BCUT2D eigenvalue weighted by Gasteiger charge is -2.23. The molecule has 0 unspecified atom stereocenters. The SMILES string of the molecule is CN(C)S(=O)(=O)N(C)Cc1ccc2c(c1)OCCO2. The molecule has 0 saturated carbocycles. The summed E-state index contributed by atoms with van der Waals surface area (Å²) >= 11 is 0. The molecule has 0 bridgehead atoms. The molecule has 2 rings (SSSR count). The average Bonchev–Trinajstić information content (AvgIpc) is 2.38. The molecule has 0 saturated heterocycles. The summed E-state index contributed by atoms with van der Waals surface area (Å²) in [6.07, 6.45) is 0. The fourth-order valence-corrected chi connectivity index (χ4v) is 2.67. The van der Waals surface area contributed by atoms with Crippen LogP contribution in [-0.4, -0.2) is 51.4 Å². The van der Waals surface area contributed by atoms with Crippen molar-refractivity contribution in [1.29, 1.82) is 0 Å². The van der Waals surface area contributed by atoms with Crippen LogP contribution in [0.1, 0.15) is 5.56 Å². The van der Waals surface area contributed by atoms with E-state index in [9.17, 15) is 8.42 Å². The minimum atomic E-state index is -3.40. The quantitative estimate of drug-likeness (QED) is 0.817. The van der Waals surface area contributed by atoms with Crippen molar-refractivity contribution in [3.8, 4) is 11.5 Å². The Balaban J connectivity index is 2.16. The molecule has 1 aliphatic heterocycles. The second-order valence-corrected chi connectivity index (χ2v) is 6.77. The van der Waals surface area contributed by atoms with E-state index < -0.39 is 10.2 Å². The van der Waals surface area contributed by atoms with Crippen LogP contribution in [0.3, 0.4) is 0 Å². The Labute approximate surface area is 113 Å². The predicted octanol–water partition coefficient (Wildman–Crippen LogP) is 0.696. The van der Waals surface area contributed by atoms with Gasteiger partial charge in [0.05, 0.1) is 0 Å². The summed E-state index contributed by atoms with van der Waals surface area (Å²) in [6.45, 7) is 1.35. The highest BCUT2D eigenvalue weighted by Gasteiger charge is 2.21. The molecule has 0 N–H and O–H groups in total. The van der Waals surface area contributed by atoms with Crippen molar-refractivity contribution in [2.24, 2.45) is 0 Å². The Morgan fingerprint density at radius 3 is 2.37 bits per heavy atom. The Kier molecular flexibility index (Phi) is 3.98. The third kappa shape index (κ3) is 2.99. The van der Waals surface area contributed by atoms with Crippen LogP contribution in [0.5, 0.6) is 11.5 Å². The highest BCUT2D eigenvalue weighted by Crippen LogP contribution is 2.31. The van der Waals surface area contributed by atoms with E-state index in [2.05, 4.69) is 0 Å². The second-order valence-electron chi connectivity index (χ2n) is 4.52. The van der Waals surface area contributed by atoms with Crippen LogP contribution in [0.25, 0.3) is 0 Å². The first-order valence-electron chi connectivity index (χ1n) is 5.93. The minimum Gasteiger partial charge on any atom is -0.486 e. The van der Waals surface area contributed by atoms with E-state index >= 15 is 0 Å². The van der Waals surface area contributed by atoms with Crippen LogP contribution in [0.15, 0.2) is 18.2 Å². The first kappa shape index (κ1) is 14.1. The van der Waals surface area contributed by atoms with Crippen LogP contribution in [0, 0.1) is 0 Å². The van der Waals surface area contributed by atoms with Crippen LogP contribution in [0.4, 0.5) is 0 Å². The zero-order chi connectivity index (χ0) is 14.0. The maximum Gasteiger partial charge on any atom is 0.281 e. The van der Waals surface area contributed by atoms with Gasteiger partial charge in [0.25, 0.3) is 10.2 Å². The number of ether oxygens (including phenoxy) is 2. The van der Waals surface area contributed by atoms with Crippen molar-refractivity contribution in [1.82, 2.24) is 8.61 Å². The normalized spacial score (nSPS) is 15.0. The molecule has 1 aliphatic rings. The number of hydrogen-bond acceptors (Lipinski definition) is 4. The topological polar surface area (TPSA) is 59.1 Å². The minimum absolute atomic E-state index is 0.289. The standard InChI is InChI=1S/C12H18N2O4S/c1-13(2)19(15,16)14(3)9-10-4-5-11-12(8-10)18-7-6-17-11/h4-5,8H,6-7,9H2,1-3H3. The van der Waals surface area contributed by atoms with E-state index in [1.54, 1.807) is 13.1 Å². The fourth-order valence-electron chi connectivity index (χ4n) is 1.80. The van der Waals surface area contributed by atoms with E-state index in [0.717, 1.165) is 5.56 Å². The summed E-state index contributed by atoms with van der Waals surface area (Å²) in [7, 11) is 1.17. The Morgan fingerprint density at radius 2 is 1.74 bits per heavy atom. The molecule has 1 heterocycles. The van der Waals surface area contributed by atoms with E-state index in [1.807, 2.05) is 12.1 Å². The van der Waals surface area contributed by atoms with Crippen LogP contribution in [-0.2, 0) is 16.8 Å². The van der Waals surface area contributed by atoms with Crippen molar-refractivity contribution in [3.05, 3.63) is 23.8 Å². The molecule has 0 amide bonds. The summed E-state index contributed by atoms with van der Waals surface area (Å²) < 4.78 is 37.2. The summed E-state index contributed by atoms with van der Waals surface area (Å²) in [5.74, 6) is 1.37. The van der Waals surface area contributed by atoms with Crippen molar-refractivity contribution in [2.45, 2.75) is 6.54 Å². The van der Waals surface area contributed by atoms with Crippen LogP contribution >= 0.6 is 0 Å². The van der Waals surface area contributed by atoms with Gasteiger partial charge < -0.3 is 9.47 Å². The summed E-state index contributed by atoms with van der Waals surface area (Å²) in [6, 6.07) is 5.46. The monoisotopic (exact) mass is 286 g/mol. The van der Waals surface area contributed by atoms with Crippen molar-refractivity contribution in [3.63, 3.8) is 0 Å². The van der Waals surface area contributed by atoms with E-state index in [-0.39, 0.29) is 6.54 Å². The van der Waals surface area contributed by atoms with E-state index in [4.69, 9.17) is 9.47 Å². The van der Waals surface area contributed by atoms with Gasteiger partial charge in [0.2, 0.25) is 0 Å². The van der Waals surface area contributed by atoms with Gasteiger partial charge in [-0.1, -0.05) is 6.07 Å².